The Bertz CT molecular complexity index is 1330. The highest BCUT2D eigenvalue weighted by Crippen LogP contribution is 2.28. The van der Waals surface area contributed by atoms with Gasteiger partial charge in [-0.05, 0) is 23.8 Å². The predicted molar refractivity (Wildman–Crippen MR) is 127 cm³/mol. The molecule has 1 amide bonds. The summed E-state index contributed by atoms with van der Waals surface area (Å²) in [5.74, 6) is 0.317. The van der Waals surface area contributed by atoms with Crippen molar-refractivity contribution in [3.8, 4) is 11.4 Å². The van der Waals surface area contributed by atoms with Crippen LogP contribution in [0.1, 0.15) is 11.7 Å². The second kappa shape index (κ2) is 9.84. The summed E-state index contributed by atoms with van der Waals surface area (Å²) in [6, 6.07) is 16.1. The van der Waals surface area contributed by atoms with Gasteiger partial charge in [-0.2, -0.15) is 0 Å². The van der Waals surface area contributed by atoms with Crippen molar-refractivity contribution < 1.29 is 14.6 Å². The maximum absolute atomic E-state index is 12.7. The van der Waals surface area contributed by atoms with Gasteiger partial charge in [-0.1, -0.05) is 49.1 Å². The molecule has 0 radical (unpaired) electrons. The van der Waals surface area contributed by atoms with Crippen LogP contribution in [0.3, 0.4) is 0 Å². The highest BCUT2D eigenvalue weighted by atomic mass is 16.5. The molecule has 4 rings (SSSR count). The number of hydrogen-bond acceptors (Lipinski definition) is 6. The van der Waals surface area contributed by atoms with Gasteiger partial charge in [-0.3, -0.25) is 10.1 Å². The van der Waals surface area contributed by atoms with E-state index in [0.29, 0.717) is 28.2 Å². The largest absolute Gasteiger partial charge is 0.445 e. The molecular weight excluding hydrogens is 422 g/mol. The number of amides is 1. The molecule has 9 heteroatoms. The number of carbonyl (C=O) groups is 1. The average Bonchev–Trinajstić information content (AvgIpc) is 3.26. The molecule has 5 N–H and O–H groups in total. The molecule has 0 fully saturated rings. The lowest BCUT2D eigenvalue weighted by Crippen LogP contribution is -2.17. The Hall–Kier alpha value is -4.37. The molecule has 0 aliphatic heterocycles. The molecule has 168 valence electrons. The van der Waals surface area contributed by atoms with Crippen LogP contribution < -0.4 is 16.2 Å². The van der Waals surface area contributed by atoms with Gasteiger partial charge in [0.25, 0.3) is 5.56 Å². The Morgan fingerprint density at radius 2 is 1.97 bits per heavy atom. The molecule has 2 aromatic carbocycles. The number of para-hydroxylation sites is 1. The number of rotatable bonds is 8. The van der Waals surface area contributed by atoms with E-state index >= 15 is 0 Å². The highest BCUT2D eigenvalue weighted by molar-refractivity contribution is 5.98. The second-order valence-electron chi connectivity index (χ2n) is 7.20. The van der Waals surface area contributed by atoms with Crippen molar-refractivity contribution in [3.63, 3.8) is 0 Å². The van der Waals surface area contributed by atoms with Crippen molar-refractivity contribution in [2.45, 2.75) is 6.10 Å². The summed E-state index contributed by atoms with van der Waals surface area (Å²) in [7, 11) is 0. The Morgan fingerprint density at radius 1 is 1.15 bits per heavy atom. The first kappa shape index (κ1) is 21.8. The van der Waals surface area contributed by atoms with E-state index in [9.17, 15) is 14.7 Å². The zero-order valence-electron chi connectivity index (χ0n) is 17.7. The van der Waals surface area contributed by atoms with Gasteiger partial charge in [0.05, 0.1) is 28.5 Å². The topological polar surface area (TPSA) is 132 Å². The summed E-state index contributed by atoms with van der Waals surface area (Å²) < 4.78 is 4.97. The zero-order chi connectivity index (χ0) is 23.2. The Morgan fingerprint density at radius 3 is 2.76 bits per heavy atom. The van der Waals surface area contributed by atoms with Crippen molar-refractivity contribution in [2.75, 3.05) is 23.8 Å². The molecule has 33 heavy (non-hydrogen) atoms. The predicted octanol–water partition coefficient (Wildman–Crippen LogP) is 3.80. The summed E-state index contributed by atoms with van der Waals surface area (Å²) in [5.41, 5.74) is 2.77. The van der Waals surface area contributed by atoms with Crippen LogP contribution in [-0.2, 0) is 4.74 Å². The zero-order valence-corrected chi connectivity index (χ0v) is 17.7. The number of nitrogens with zero attached hydrogens (tertiary/aromatic N) is 1. The SMILES string of the molecule is C=CCOC(=O)Nc1cccc2nc(-c3c(NC[C@@H](O)c4ccccc4)cc[nH]c3=O)[nH]c12. The number of aliphatic hydroxyl groups is 1. The van der Waals surface area contributed by atoms with Gasteiger partial charge < -0.3 is 25.1 Å². The molecule has 0 aliphatic rings. The first-order chi connectivity index (χ1) is 16.1. The molecule has 2 heterocycles. The monoisotopic (exact) mass is 445 g/mol. The number of H-pyrrole nitrogens is 2. The maximum atomic E-state index is 12.7. The molecule has 0 unspecified atom stereocenters. The number of benzene rings is 2. The number of fused-ring (bicyclic) bond motifs is 1. The highest BCUT2D eigenvalue weighted by Gasteiger charge is 2.17. The number of aromatic amines is 2. The Labute approximate surface area is 189 Å². The van der Waals surface area contributed by atoms with Crippen LogP contribution in [0, 0.1) is 0 Å². The van der Waals surface area contributed by atoms with E-state index in [0.717, 1.165) is 5.56 Å². The summed E-state index contributed by atoms with van der Waals surface area (Å²) in [4.78, 5) is 35.0. The Balaban J connectivity index is 1.63. The third-order valence-electron chi connectivity index (χ3n) is 4.95. The van der Waals surface area contributed by atoms with Gasteiger partial charge in [0.2, 0.25) is 0 Å². The third kappa shape index (κ3) is 4.94. The van der Waals surface area contributed by atoms with E-state index in [-0.39, 0.29) is 24.3 Å². The number of ether oxygens (including phenoxy) is 1. The molecule has 0 spiro atoms. The van der Waals surface area contributed by atoms with E-state index < -0.39 is 12.2 Å². The van der Waals surface area contributed by atoms with Crippen molar-refractivity contribution in [1.82, 2.24) is 15.0 Å². The molecule has 1 atom stereocenters. The Kier molecular flexibility index (Phi) is 6.51. The van der Waals surface area contributed by atoms with Crippen LogP contribution in [0.2, 0.25) is 0 Å². The fraction of sp³-hybridized carbons (Fsp3) is 0.125. The number of aromatic nitrogens is 3. The van der Waals surface area contributed by atoms with Crippen molar-refractivity contribution in [1.29, 1.82) is 0 Å². The van der Waals surface area contributed by atoms with Gasteiger partial charge in [-0.25, -0.2) is 9.78 Å². The van der Waals surface area contributed by atoms with E-state index in [4.69, 9.17) is 4.74 Å². The van der Waals surface area contributed by atoms with Gasteiger partial charge in [0.15, 0.2) is 0 Å². The third-order valence-corrected chi connectivity index (χ3v) is 4.95. The molecule has 4 aromatic rings. The van der Waals surface area contributed by atoms with Crippen LogP contribution in [0.15, 0.2) is 78.2 Å². The smallest absolute Gasteiger partial charge is 0.412 e. The minimum absolute atomic E-state index is 0.0826. The van der Waals surface area contributed by atoms with Crippen LogP contribution in [-0.4, -0.2) is 39.3 Å². The standard InChI is InChI=1S/C24H23N5O4/c1-2-13-33-24(32)28-18-10-6-9-17-21(18)29-22(27-17)20-16(11-12-25-23(20)31)26-14-19(30)15-7-4-3-5-8-15/h2-12,19,30H,1,13-14H2,(H,27,29)(H,28,32)(H2,25,26,31)/t19-/m1/s1. The summed E-state index contributed by atoms with van der Waals surface area (Å²) >= 11 is 0. The van der Waals surface area contributed by atoms with E-state index in [1.54, 1.807) is 24.3 Å². The first-order valence-electron chi connectivity index (χ1n) is 10.3. The lowest BCUT2D eigenvalue weighted by atomic mass is 10.1. The number of aliphatic hydroxyl groups excluding tert-OH is 1. The summed E-state index contributed by atoms with van der Waals surface area (Å²) in [6.45, 7) is 3.79. The molecule has 0 saturated carbocycles. The fourth-order valence-electron chi connectivity index (χ4n) is 3.40. The maximum Gasteiger partial charge on any atom is 0.412 e. The minimum Gasteiger partial charge on any atom is -0.445 e. The van der Waals surface area contributed by atoms with Gasteiger partial charge in [0.1, 0.15) is 18.0 Å². The van der Waals surface area contributed by atoms with Crippen LogP contribution in [0.25, 0.3) is 22.4 Å². The minimum atomic E-state index is -0.758. The first-order valence-corrected chi connectivity index (χ1v) is 10.3. The summed E-state index contributed by atoms with van der Waals surface area (Å²) in [6.07, 6.45) is 1.60. The fourth-order valence-corrected chi connectivity index (χ4v) is 3.40. The normalized spacial score (nSPS) is 11.7. The number of pyridine rings is 1. The van der Waals surface area contributed by atoms with Crippen molar-refractivity contribution in [2.24, 2.45) is 0 Å². The molecule has 0 saturated heterocycles. The summed E-state index contributed by atoms with van der Waals surface area (Å²) in [5, 5.41) is 16.3. The average molecular weight is 445 g/mol. The molecular formula is C24H23N5O4. The number of anilines is 2. The molecule has 2 aromatic heterocycles. The lowest BCUT2D eigenvalue weighted by Gasteiger charge is -2.14. The second-order valence-corrected chi connectivity index (χ2v) is 7.20. The molecule has 0 bridgehead atoms. The van der Waals surface area contributed by atoms with Crippen molar-refractivity contribution in [3.05, 3.63) is 89.4 Å². The lowest BCUT2D eigenvalue weighted by molar-refractivity contribution is 0.174. The van der Waals surface area contributed by atoms with Crippen LogP contribution in [0.5, 0.6) is 0 Å². The number of nitrogens with one attached hydrogen (secondary N) is 4. The number of imidazole rings is 1. The molecule has 0 aliphatic carbocycles. The van der Waals surface area contributed by atoms with E-state index in [1.165, 1.54) is 12.3 Å². The number of carbonyl (C=O) groups excluding carboxylic acids is 1. The van der Waals surface area contributed by atoms with Gasteiger partial charge in [0, 0.05) is 12.7 Å². The van der Waals surface area contributed by atoms with Gasteiger partial charge >= 0.3 is 6.09 Å². The van der Waals surface area contributed by atoms with Gasteiger partial charge in [-0.15, -0.1) is 0 Å². The quantitative estimate of drug-likeness (QED) is 0.262. The molecule has 9 nitrogen and oxygen atoms in total. The number of hydrogen-bond donors (Lipinski definition) is 5. The van der Waals surface area contributed by atoms with Crippen LogP contribution in [0.4, 0.5) is 16.2 Å². The van der Waals surface area contributed by atoms with Crippen LogP contribution >= 0.6 is 0 Å². The van der Waals surface area contributed by atoms with E-state index in [1.807, 2.05) is 30.3 Å². The van der Waals surface area contributed by atoms with Crippen molar-refractivity contribution >= 4 is 28.5 Å². The van der Waals surface area contributed by atoms with E-state index in [2.05, 4.69) is 32.2 Å².